The minimum absolute atomic E-state index is 0.178. The van der Waals surface area contributed by atoms with Gasteiger partial charge in [0.2, 0.25) is 0 Å². The van der Waals surface area contributed by atoms with Crippen molar-refractivity contribution in [1.82, 2.24) is 0 Å². The predicted octanol–water partition coefficient (Wildman–Crippen LogP) is 2.85. The zero-order valence-corrected chi connectivity index (χ0v) is 15.8. The van der Waals surface area contributed by atoms with Gasteiger partial charge in [-0.2, -0.15) is 0 Å². The molecule has 25 heavy (non-hydrogen) atoms. The normalized spacial score (nSPS) is 25.5. The van der Waals surface area contributed by atoms with Crippen molar-refractivity contribution in [2.45, 2.75) is 23.0 Å². The minimum atomic E-state index is -3.60. The van der Waals surface area contributed by atoms with Crippen LogP contribution in [-0.2, 0) is 14.6 Å². The molecule has 2 aromatic carbocycles. The van der Waals surface area contributed by atoms with Crippen molar-refractivity contribution in [3.8, 4) is 0 Å². The molecule has 0 aromatic heterocycles. The molecule has 0 aliphatic heterocycles. The molecule has 0 unspecified atom stereocenters. The van der Waals surface area contributed by atoms with Crippen molar-refractivity contribution >= 4 is 27.0 Å². The van der Waals surface area contributed by atoms with Crippen molar-refractivity contribution in [1.29, 1.82) is 0 Å². The van der Waals surface area contributed by atoms with Crippen LogP contribution in [0.5, 0.6) is 0 Å². The second-order valence-corrected chi connectivity index (χ2v) is 9.01. The van der Waals surface area contributed by atoms with Crippen molar-refractivity contribution in [3.63, 3.8) is 0 Å². The fourth-order valence-electron chi connectivity index (χ4n) is 3.64. The molecule has 132 valence electrons. The van der Waals surface area contributed by atoms with Gasteiger partial charge in [0.25, 0.3) is 0 Å². The van der Waals surface area contributed by atoms with Gasteiger partial charge in [-0.25, -0.2) is 8.42 Å². The number of methoxy groups -OCH3 is 1. The third-order valence-corrected chi connectivity index (χ3v) is 7.61. The van der Waals surface area contributed by atoms with Crippen LogP contribution in [0.15, 0.2) is 59.5 Å². The van der Waals surface area contributed by atoms with Gasteiger partial charge in [-0.3, -0.25) is 0 Å². The molecule has 1 fully saturated rings. The maximum atomic E-state index is 13.3. The Bertz CT molecular complexity index is 879. The summed E-state index contributed by atoms with van der Waals surface area (Å²) in [7, 11) is -2.06. The lowest BCUT2D eigenvalue weighted by Gasteiger charge is -2.16. The summed E-state index contributed by atoms with van der Waals surface area (Å²) in [4.78, 5) is 0.468. The third-order valence-electron chi connectivity index (χ3n) is 4.94. The fourth-order valence-corrected chi connectivity index (χ4v) is 6.43. The standard InChI is InChI=1S/C19H21NO3S2/c1-13-8-10-14(11-9-13)16-17(19(16,12-23-2)18(20)24)25(21,22)15-6-4-3-5-7-15/h3-11,16-17H,12H2,1-2H3,(H2,20,24)/t16-,17-,19+/m1/s1. The van der Waals surface area contributed by atoms with Gasteiger partial charge >= 0.3 is 0 Å². The van der Waals surface area contributed by atoms with Gasteiger partial charge in [0.05, 0.1) is 27.2 Å². The Morgan fingerprint density at radius 1 is 1.16 bits per heavy atom. The molecule has 1 aliphatic rings. The smallest absolute Gasteiger partial charge is 0.182 e. The van der Waals surface area contributed by atoms with Gasteiger partial charge in [0.15, 0.2) is 9.84 Å². The lowest BCUT2D eigenvalue weighted by atomic mass is 9.99. The van der Waals surface area contributed by atoms with E-state index in [-0.39, 0.29) is 22.4 Å². The zero-order valence-electron chi connectivity index (χ0n) is 14.2. The number of hydrogen-bond acceptors (Lipinski definition) is 4. The highest BCUT2D eigenvalue weighted by molar-refractivity contribution is 7.92. The Labute approximate surface area is 153 Å². The van der Waals surface area contributed by atoms with Gasteiger partial charge < -0.3 is 10.5 Å². The van der Waals surface area contributed by atoms with Crippen LogP contribution in [0.4, 0.5) is 0 Å². The highest BCUT2D eigenvalue weighted by atomic mass is 32.2. The Kier molecular flexibility index (Phi) is 4.70. The number of rotatable bonds is 6. The largest absolute Gasteiger partial charge is 0.393 e. The Balaban J connectivity index is 2.12. The highest BCUT2D eigenvalue weighted by Crippen LogP contribution is 2.64. The lowest BCUT2D eigenvalue weighted by molar-refractivity contribution is 0.166. The summed E-state index contributed by atoms with van der Waals surface area (Å²) >= 11 is 5.29. The van der Waals surface area contributed by atoms with Crippen LogP contribution >= 0.6 is 12.2 Å². The molecule has 1 aliphatic carbocycles. The Morgan fingerprint density at radius 2 is 1.76 bits per heavy atom. The number of benzene rings is 2. The summed E-state index contributed by atoms with van der Waals surface area (Å²) in [6.07, 6.45) is 0. The average Bonchev–Trinajstić information content (AvgIpc) is 3.28. The number of hydrogen-bond donors (Lipinski definition) is 1. The van der Waals surface area contributed by atoms with Gasteiger partial charge in [-0.1, -0.05) is 60.2 Å². The average molecular weight is 376 g/mol. The highest BCUT2D eigenvalue weighted by Gasteiger charge is 2.73. The van der Waals surface area contributed by atoms with E-state index in [9.17, 15) is 8.42 Å². The van der Waals surface area contributed by atoms with Crippen molar-refractivity contribution < 1.29 is 13.2 Å². The molecule has 0 amide bonds. The number of sulfone groups is 1. The molecule has 0 radical (unpaired) electrons. The number of aryl methyl sites for hydroxylation is 1. The van der Waals surface area contributed by atoms with Crippen LogP contribution in [0.1, 0.15) is 17.0 Å². The molecule has 1 saturated carbocycles. The molecule has 4 nitrogen and oxygen atoms in total. The van der Waals surface area contributed by atoms with Crippen LogP contribution in [0.2, 0.25) is 0 Å². The topological polar surface area (TPSA) is 69.4 Å². The second-order valence-electron chi connectivity index (χ2n) is 6.50. The van der Waals surface area contributed by atoms with E-state index in [1.807, 2.05) is 31.2 Å². The summed E-state index contributed by atoms with van der Waals surface area (Å²) < 4.78 is 31.9. The van der Waals surface area contributed by atoms with Crippen molar-refractivity contribution in [2.24, 2.45) is 11.1 Å². The first-order chi connectivity index (χ1) is 11.9. The van der Waals surface area contributed by atoms with E-state index in [1.165, 1.54) is 7.11 Å². The van der Waals surface area contributed by atoms with Crippen LogP contribution < -0.4 is 5.73 Å². The SMILES string of the molecule is COC[C@]1(C(N)=S)[C@H](c2ccc(C)cc2)[C@H]1S(=O)(=O)c1ccccc1. The first kappa shape index (κ1) is 18.0. The molecule has 2 aromatic rings. The second kappa shape index (κ2) is 6.52. The van der Waals surface area contributed by atoms with Gasteiger partial charge in [-0.05, 0) is 24.6 Å². The van der Waals surface area contributed by atoms with Gasteiger partial charge in [-0.15, -0.1) is 0 Å². The summed E-state index contributed by atoms with van der Waals surface area (Å²) in [6, 6.07) is 16.3. The van der Waals surface area contributed by atoms with E-state index < -0.39 is 20.5 Å². The fraction of sp³-hybridized carbons (Fsp3) is 0.316. The first-order valence-corrected chi connectivity index (χ1v) is 9.95. The maximum absolute atomic E-state index is 13.3. The predicted molar refractivity (Wildman–Crippen MR) is 102 cm³/mol. The molecular weight excluding hydrogens is 354 g/mol. The third kappa shape index (κ3) is 2.88. The van der Waals surface area contributed by atoms with Crippen LogP contribution in [-0.4, -0.2) is 32.4 Å². The van der Waals surface area contributed by atoms with E-state index >= 15 is 0 Å². The summed E-state index contributed by atoms with van der Waals surface area (Å²) in [5, 5.41) is -0.720. The minimum Gasteiger partial charge on any atom is -0.393 e. The number of nitrogens with two attached hydrogens (primary N) is 1. The van der Waals surface area contributed by atoms with E-state index in [0.29, 0.717) is 0 Å². The summed E-state index contributed by atoms with van der Waals surface area (Å²) in [5.41, 5.74) is 7.17. The molecule has 3 atom stereocenters. The Morgan fingerprint density at radius 3 is 2.28 bits per heavy atom. The number of ether oxygens (including phenoxy) is 1. The molecule has 3 rings (SSSR count). The molecule has 0 bridgehead atoms. The quantitative estimate of drug-likeness (QED) is 0.786. The van der Waals surface area contributed by atoms with E-state index in [2.05, 4.69) is 0 Å². The molecule has 0 saturated heterocycles. The summed E-state index contributed by atoms with van der Waals surface area (Å²) in [5.74, 6) is -0.309. The molecule has 0 spiro atoms. The summed E-state index contributed by atoms with van der Waals surface area (Å²) in [6.45, 7) is 2.17. The maximum Gasteiger partial charge on any atom is 0.182 e. The van der Waals surface area contributed by atoms with Crippen molar-refractivity contribution in [3.05, 3.63) is 65.7 Å². The van der Waals surface area contributed by atoms with Crippen molar-refractivity contribution in [2.75, 3.05) is 13.7 Å². The molecular formula is C19H21NO3S2. The van der Waals surface area contributed by atoms with Gasteiger partial charge in [0.1, 0.15) is 0 Å². The molecule has 2 N–H and O–H groups in total. The van der Waals surface area contributed by atoms with Crippen LogP contribution in [0, 0.1) is 12.3 Å². The van der Waals surface area contributed by atoms with Crippen LogP contribution in [0.3, 0.4) is 0 Å². The lowest BCUT2D eigenvalue weighted by Crippen LogP contribution is -2.33. The Hall–Kier alpha value is -1.76. The number of thiocarbonyl (C=S) groups is 1. The van der Waals surface area contributed by atoms with Gasteiger partial charge in [0, 0.05) is 13.0 Å². The molecule has 6 heteroatoms. The monoisotopic (exact) mass is 375 g/mol. The first-order valence-electron chi connectivity index (χ1n) is 8.00. The molecule has 0 heterocycles. The van der Waals surface area contributed by atoms with E-state index in [1.54, 1.807) is 30.3 Å². The zero-order chi connectivity index (χ0) is 18.2. The van der Waals surface area contributed by atoms with Crippen LogP contribution in [0.25, 0.3) is 0 Å². The van der Waals surface area contributed by atoms with E-state index in [0.717, 1.165) is 11.1 Å². The van der Waals surface area contributed by atoms with E-state index in [4.69, 9.17) is 22.7 Å².